The van der Waals surface area contributed by atoms with Crippen LogP contribution in [0.25, 0.3) is 10.2 Å². The van der Waals surface area contributed by atoms with E-state index in [1.54, 1.807) is 11.3 Å². The summed E-state index contributed by atoms with van der Waals surface area (Å²) in [7, 11) is 0. The fourth-order valence-corrected chi connectivity index (χ4v) is 2.74. The number of thiazole rings is 1. The maximum Gasteiger partial charge on any atom is 0.0954 e. The Kier molecular flexibility index (Phi) is 1.87. The molecule has 0 aliphatic rings. The highest BCUT2D eigenvalue weighted by Gasteiger charge is 2.02. The fraction of sp³-hybridized carbons (Fsp3) is 0. The summed E-state index contributed by atoms with van der Waals surface area (Å²) < 4.78 is 2.07. The van der Waals surface area contributed by atoms with Crippen LogP contribution in [0.1, 0.15) is 0 Å². The van der Waals surface area contributed by atoms with Gasteiger partial charge >= 0.3 is 0 Å². The number of aromatic nitrogens is 1. The normalized spacial score (nSPS) is 10.7. The van der Waals surface area contributed by atoms with E-state index < -0.39 is 0 Å². The third-order valence-electron chi connectivity index (χ3n) is 1.35. The van der Waals surface area contributed by atoms with Gasteiger partial charge in [-0.15, -0.1) is 11.3 Å². The lowest BCUT2D eigenvalue weighted by atomic mass is 10.3. The lowest BCUT2D eigenvalue weighted by Crippen LogP contribution is -1.70. The molecule has 0 spiro atoms. The van der Waals surface area contributed by atoms with Crippen LogP contribution in [0.3, 0.4) is 0 Å². The Bertz CT molecular complexity index is 398. The molecule has 0 radical (unpaired) electrons. The van der Waals surface area contributed by atoms with Gasteiger partial charge in [0.05, 0.1) is 15.7 Å². The molecule has 0 N–H and O–H groups in total. The summed E-state index contributed by atoms with van der Waals surface area (Å²) in [6, 6.07) is 3.77. The highest BCUT2D eigenvalue weighted by Crippen LogP contribution is 2.29. The standard InChI is InChI=1S/C7H3BrClNS/c8-5-1-4(9)2-6-7(5)10-3-11-6/h1-3H. The van der Waals surface area contributed by atoms with E-state index in [-0.39, 0.29) is 0 Å². The zero-order valence-corrected chi connectivity index (χ0v) is 8.50. The molecule has 56 valence electrons. The van der Waals surface area contributed by atoms with Crippen LogP contribution in [0.5, 0.6) is 0 Å². The number of benzene rings is 1. The first-order valence-corrected chi connectivity index (χ1v) is 5.00. The Labute approximate surface area is 81.1 Å². The van der Waals surface area contributed by atoms with Gasteiger partial charge in [0.2, 0.25) is 0 Å². The molecule has 2 aromatic rings. The van der Waals surface area contributed by atoms with Gasteiger partial charge in [0.25, 0.3) is 0 Å². The highest BCUT2D eigenvalue weighted by molar-refractivity contribution is 9.10. The Morgan fingerprint density at radius 3 is 3.09 bits per heavy atom. The topological polar surface area (TPSA) is 12.9 Å². The van der Waals surface area contributed by atoms with E-state index in [1.165, 1.54) is 0 Å². The van der Waals surface area contributed by atoms with E-state index in [1.807, 2.05) is 17.6 Å². The zero-order chi connectivity index (χ0) is 7.84. The first kappa shape index (κ1) is 7.53. The number of rotatable bonds is 0. The second-order valence-electron chi connectivity index (χ2n) is 2.09. The van der Waals surface area contributed by atoms with Gasteiger partial charge in [0, 0.05) is 9.50 Å². The maximum atomic E-state index is 5.83. The van der Waals surface area contributed by atoms with Gasteiger partial charge in [-0.25, -0.2) is 4.98 Å². The van der Waals surface area contributed by atoms with Crippen molar-refractivity contribution in [3.05, 3.63) is 27.1 Å². The van der Waals surface area contributed by atoms with Crippen molar-refractivity contribution in [3.63, 3.8) is 0 Å². The SMILES string of the molecule is Clc1cc(Br)c2ncsc2c1. The number of hydrogen-bond donors (Lipinski definition) is 0. The minimum absolute atomic E-state index is 0.744. The van der Waals surface area contributed by atoms with Crippen LogP contribution in [0.2, 0.25) is 5.02 Å². The highest BCUT2D eigenvalue weighted by atomic mass is 79.9. The van der Waals surface area contributed by atoms with Crippen LogP contribution in [-0.2, 0) is 0 Å². The van der Waals surface area contributed by atoms with Gasteiger partial charge < -0.3 is 0 Å². The van der Waals surface area contributed by atoms with Crippen molar-refractivity contribution in [1.82, 2.24) is 4.98 Å². The van der Waals surface area contributed by atoms with E-state index in [9.17, 15) is 0 Å². The molecule has 0 fully saturated rings. The van der Waals surface area contributed by atoms with Gasteiger partial charge in [-0.2, -0.15) is 0 Å². The molecule has 1 nitrogen and oxygen atoms in total. The molecule has 0 saturated carbocycles. The minimum Gasteiger partial charge on any atom is -0.243 e. The van der Waals surface area contributed by atoms with E-state index in [0.29, 0.717) is 0 Å². The Balaban J connectivity index is 2.91. The number of fused-ring (bicyclic) bond motifs is 1. The monoisotopic (exact) mass is 247 g/mol. The van der Waals surface area contributed by atoms with Crippen molar-refractivity contribution >= 4 is 49.1 Å². The summed E-state index contributed by atoms with van der Waals surface area (Å²) in [5.74, 6) is 0. The number of hydrogen-bond acceptors (Lipinski definition) is 2. The lowest BCUT2D eigenvalue weighted by molar-refractivity contribution is 1.49. The molecule has 0 unspecified atom stereocenters. The molecule has 1 heterocycles. The third kappa shape index (κ3) is 1.28. The predicted octanol–water partition coefficient (Wildman–Crippen LogP) is 3.71. The van der Waals surface area contributed by atoms with Crippen molar-refractivity contribution < 1.29 is 0 Å². The van der Waals surface area contributed by atoms with Crippen LogP contribution in [0, 0.1) is 0 Å². The first-order valence-electron chi connectivity index (χ1n) is 2.95. The quantitative estimate of drug-likeness (QED) is 0.692. The van der Waals surface area contributed by atoms with Crippen LogP contribution < -0.4 is 0 Å². The molecule has 0 saturated heterocycles. The molecule has 0 amide bonds. The first-order chi connectivity index (χ1) is 5.27. The molecule has 0 bridgehead atoms. The molecule has 2 rings (SSSR count). The summed E-state index contributed by atoms with van der Waals surface area (Å²) in [6.45, 7) is 0. The second kappa shape index (κ2) is 2.73. The minimum atomic E-state index is 0.744. The fourth-order valence-electron chi connectivity index (χ4n) is 0.893. The third-order valence-corrected chi connectivity index (χ3v) is 2.95. The summed E-state index contributed by atoms with van der Waals surface area (Å²) in [6.07, 6.45) is 0. The average molecular weight is 249 g/mol. The lowest BCUT2D eigenvalue weighted by Gasteiger charge is -1.92. The largest absolute Gasteiger partial charge is 0.243 e. The molecule has 0 aliphatic carbocycles. The van der Waals surface area contributed by atoms with Gasteiger partial charge in [0.1, 0.15) is 0 Å². The Morgan fingerprint density at radius 2 is 2.27 bits per heavy atom. The van der Waals surface area contributed by atoms with Crippen LogP contribution >= 0.6 is 38.9 Å². The second-order valence-corrected chi connectivity index (χ2v) is 4.26. The zero-order valence-electron chi connectivity index (χ0n) is 5.34. The van der Waals surface area contributed by atoms with Gasteiger partial charge in [-0.3, -0.25) is 0 Å². The van der Waals surface area contributed by atoms with Crippen molar-refractivity contribution in [1.29, 1.82) is 0 Å². The average Bonchev–Trinajstić information content (AvgIpc) is 2.34. The van der Waals surface area contributed by atoms with Gasteiger partial charge in [0.15, 0.2) is 0 Å². The van der Waals surface area contributed by atoms with Crippen LogP contribution in [0.15, 0.2) is 22.1 Å². The number of nitrogens with zero attached hydrogens (tertiary/aromatic N) is 1. The predicted molar refractivity (Wildman–Crippen MR) is 52.3 cm³/mol. The molecule has 11 heavy (non-hydrogen) atoms. The molecule has 1 aromatic heterocycles. The van der Waals surface area contributed by atoms with Crippen molar-refractivity contribution in [2.75, 3.05) is 0 Å². The van der Waals surface area contributed by atoms with E-state index in [4.69, 9.17) is 11.6 Å². The van der Waals surface area contributed by atoms with Crippen LogP contribution in [-0.4, -0.2) is 4.98 Å². The van der Waals surface area contributed by atoms with Gasteiger partial charge in [-0.05, 0) is 28.1 Å². The summed E-state index contributed by atoms with van der Waals surface area (Å²) in [5, 5.41) is 0.744. The van der Waals surface area contributed by atoms with Crippen LogP contribution in [0.4, 0.5) is 0 Å². The molecule has 0 aliphatic heterocycles. The van der Waals surface area contributed by atoms with E-state index >= 15 is 0 Å². The van der Waals surface area contributed by atoms with Crippen molar-refractivity contribution in [2.24, 2.45) is 0 Å². The van der Waals surface area contributed by atoms with Gasteiger partial charge in [-0.1, -0.05) is 11.6 Å². The van der Waals surface area contributed by atoms with E-state index in [0.717, 1.165) is 19.7 Å². The number of halogens is 2. The Morgan fingerprint density at radius 1 is 1.45 bits per heavy atom. The molecular formula is C7H3BrClNS. The van der Waals surface area contributed by atoms with Crippen molar-refractivity contribution in [3.8, 4) is 0 Å². The summed E-state index contributed by atoms with van der Waals surface area (Å²) in [4.78, 5) is 4.17. The smallest absolute Gasteiger partial charge is 0.0954 e. The molecule has 4 heteroatoms. The maximum absolute atomic E-state index is 5.83. The summed E-state index contributed by atoms with van der Waals surface area (Å²) in [5.41, 5.74) is 2.80. The Hall–Kier alpha value is -0.120. The molecular weight excluding hydrogens is 246 g/mol. The van der Waals surface area contributed by atoms with Crippen molar-refractivity contribution in [2.45, 2.75) is 0 Å². The molecule has 0 atom stereocenters. The summed E-state index contributed by atoms with van der Waals surface area (Å²) >= 11 is 10.8. The molecule has 1 aromatic carbocycles. The van der Waals surface area contributed by atoms with E-state index in [2.05, 4.69) is 20.9 Å².